The molecule has 6 nitrogen and oxygen atoms in total. The highest BCUT2D eigenvalue weighted by Gasteiger charge is 2.06. The highest BCUT2D eigenvalue weighted by molar-refractivity contribution is 5.97. The Balaban J connectivity index is 2.68. The number of unbranched alkanes of at least 4 members (excludes halogenated alkanes) is 1. The molecule has 0 aromatic heterocycles. The molecule has 0 bridgehead atoms. The summed E-state index contributed by atoms with van der Waals surface area (Å²) >= 11 is 0. The van der Waals surface area contributed by atoms with Crippen molar-refractivity contribution in [3.63, 3.8) is 0 Å². The van der Waals surface area contributed by atoms with Crippen LogP contribution in [0.1, 0.15) is 24.0 Å². The van der Waals surface area contributed by atoms with Gasteiger partial charge in [-0.25, -0.2) is 0 Å². The smallest absolute Gasteiger partial charge is 0.170 e. The molecule has 0 aliphatic rings. The number of hydrogen-bond donors (Lipinski definition) is 4. The summed E-state index contributed by atoms with van der Waals surface area (Å²) in [4.78, 5) is 0. The number of aliphatic hydroxyl groups excluding tert-OH is 1. The number of hydrogen-bond acceptors (Lipinski definition) is 5. The van der Waals surface area contributed by atoms with Crippen molar-refractivity contribution in [2.75, 3.05) is 20.3 Å². The summed E-state index contributed by atoms with van der Waals surface area (Å²) in [5.74, 6) is 0.827. The number of methoxy groups -OCH3 is 1. The van der Waals surface area contributed by atoms with E-state index in [-0.39, 0.29) is 12.4 Å². The fourth-order valence-electron chi connectivity index (χ4n) is 1.72. The molecule has 0 heterocycles. The average molecular weight is 267 g/mol. The van der Waals surface area contributed by atoms with Gasteiger partial charge in [0.05, 0.1) is 7.11 Å². The van der Waals surface area contributed by atoms with Crippen LogP contribution in [0.5, 0.6) is 5.75 Å². The van der Waals surface area contributed by atoms with Gasteiger partial charge < -0.3 is 26.1 Å². The van der Waals surface area contributed by atoms with E-state index < -0.39 is 0 Å². The number of aliphatic hydroxyl groups is 1. The molecule has 19 heavy (non-hydrogen) atoms. The molecule has 0 saturated carbocycles. The minimum Gasteiger partial charge on any atom is -0.496 e. The second-order valence-electron chi connectivity index (χ2n) is 4.12. The quantitative estimate of drug-likeness (QED) is 0.182. The Morgan fingerprint density at radius 2 is 2.21 bits per heavy atom. The van der Waals surface area contributed by atoms with Crippen LogP contribution in [0.3, 0.4) is 0 Å². The Morgan fingerprint density at radius 1 is 1.42 bits per heavy atom. The molecule has 0 radical (unpaired) electrons. The highest BCUT2D eigenvalue weighted by Crippen LogP contribution is 2.19. The maximum absolute atomic E-state index is 8.69. The maximum atomic E-state index is 8.69. The van der Waals surface area contributed by atoms with Gasteiger partial charge in [-0.2, -0.15) is 0 Å². The van der Waals surface area contributed by atoms with E-state index in [2.05, 4.69) is 10.5 Å². The first-order chi connectivity index (χ1) is 9.22. The Kier molecular flexibility index (Phi) is 6.70. The minimum absolute atomic E-state index is 0.0733. The van der Waals surface area contributed by atoms with Crippen LogP contribution in [-0.2, 0) is 6.54 Å². The van der Waals surface area contributed by atoms with E-state index in [0.29, 0.717) is 12.1 Å². The van der Waals surface area contributed by atoms with Gasteiger partial charge in [0.2, 0.25) is 0 Å². The van der Waals surface area contributed by atoms with Gasteiger partial charge in [0.15, 0.2) is 5.84 Å². The standard InChI is InChI=1S/C13H21N3O3/c1-19-12-5-4-10(13(14)16-18)8-11(12)9-15-6-2-3-7-17/h4-5,8,15,17-18H,2-3,6-7,9H2,1H3,(H2,14,16). The van der Waals surface area contributed by atoms with Gasteiger partial charge in [-0.3, -0.25) is 0 Å². The lowest BCUT2D eigenvalue weighted by Crippen LogP contribution is -2.17. The molecule has 0 spiro atoms. The fourth-order valence-corrected chi connectivity index (χ4v) is 1.72. The summed E-state index contributed by atoms with van der Waals surface area (Å²) in [6.07, 6.45) is 1.70. The van der Waals surface area contributed by atoms with E-state index in [9.17, 15) is 0 Å². The van der Waals surface area contributed by atoms with Crippen molar-refractivity contribution in [3.05, 3.63) is 29.3 Å². The summed E-state index contributed by atoms with van der Waals surface area (Å²) in [5, 5.41) is 23.6. The molecule has 0 atom stereocenters. The summed E-state index contributed by atoms with van der Waals surface area (Å²) in [6, 6.07) is 5.36. The zero-order chi connectivity index (χ0) is 14.1. The molecule has 0 aliphatic heterocycles. The van der Waals surface area contributed by atoms with E-state index in [1.807, 2.05) is 6.07 Å². The van der Waals surface area contributed by atoms with E-state index in [1.165, 1.54) is 0 Å². The summed E-state index contributed by atoms with van der Waals surface area (Å²) < 4.78 is 5.27. The third-order valence-corrected chi connectivity index (χ3v) is 2.76. The Morgan fingerprint density at radius 3 is 2.84 bits per heavy atom. The second-order valence-corrected chi connectivity index (χ2v) is 4.12. The highest BCUT2D eigenvalue weighted by atomic mass is 16.5. The molecule has 5 N–H and O–H groups in total. The number of nitrogens with two attached hydrogens (primary N) is 1. The summed E-state index contributed by atoms with van der Waals surface area (Å²) in [7, 11) is 1.60. The van der Waals surface area contributed by atoms with Crippen molar-refractivity contribution < 1.29 is 15.1 Å². The van der Waals surface area contributed by atoms with Crippen LogP contribution in [0, 0.1) is 0 Å². The van der Waals surface area contributed by atoms with Crippen LogP contribution < -0.4 is 15.8 Å². The maximum Gasteiger partial charge on any atom is 0.170 e. The van der Waals surface area contributed by atoms with Crippen molar-refractivity contribution in [3.8, 4) is 5.75 Å². The minimum atomic E-state index is 0.0733. The molecular weight excluding hydrogens is 246 g/mol. The normalized spacial score (nSPS) is 11.6. The van der Waals surface area contributed by atoms with E-state index in [0.717, 1.165) is 30.7 Å². The van der Waals surface area contributed by atoms with Gasteiger partial charge in [-0.15, -0.1) is 0 Å². The second kappa shape index (κ2) is 8.34. The molecule has 0 amide bonds. The molecule has 1 aromatic rings. The monoisotopic (exact) mass is 267 g/mol. The lowest BCUT2D eigenvalue weighted by molar-refractivity contribution is 0.283. The number of oxime groups is 1. The average Bonchev–Trinajstić information content (AvgIpc) is 2.46. The zero-order valence-electron chi connectivity index (χ0n) is 11.1. The molecule has 106 valence electrons. The van der Waals surface area contributed by atoms with Gasteiger partial charge in [0.1, 0.15) is 5.75 Å². The van der Waals surface area contributed by atoms with Gasteiger partial charge in [0, 0.05) is 24.3 Å². The predicted molar refractivity (Wildman–Crippen MR) is 73.5 cm³/mol. The van der Waals surface area contributed by atoms with Crippen LogP contribution in [0.4, 0.5) is 0 Å². The number of ether oxygens (including phenoxy) is 1. The van der Waals surface area contributed by atoms with Crippen LogP contribution in [0.2, 0.25) is 0 Å². The molecule has 0 aliphatic carbocycles. The third kappa shape index (κ3) is 4.76. The van der Waals surface area contributed by atoms with Gasteiger partial charge in [-0.1, -0.05) is 5.16 Å². The summed E-state index contributed by atoms with van der Waals surface area (Å²) in [6.45, 7) is 1.66. The lowest BCUT2D eigenvalue weighted by atomic mass is 10.1. The topological polar surface area (TPSA) is 100 Å². The van der Waals surface area contributed by atoms with Crippen molar-refractivity contribution in [2.45, 2.75) is 19.4 Å². The van der Waals surface area contributed by atoms with Crippen molar-refractivity contribution >= 4 is 5.84 Å². The first kappa shape index (κ1) is 15.3. The van der Waals surface area contributed by atoms with Crippen molar-refractivity contribution in [1.82, 2.24) is 5.32 Å². The zero-order valence-corrected chi connectivity index (χ0v) is 11.1. The number of amidine groups is 1. The van der Waals surface area contributed by atoms with Crippen LogP contribution in [-0.4, -0.2) is 36.4 Å². The van der Waals surface area contributed by atoms with E-state index in [4.69, 9.17) is 20.8 Å². The summed E-state index contributed by atoms with van der Waals surface area (Å²) in [5.41, 5.74) is 7.15. The van der Waals surface area contributed by atoms with Gasteiger partial charge >= 0.3 is 0 Å². The lowest BCUT2D eigenvalue weighted by Gasteiger charge is -2.11. The molecule has 0 saturated heterocycles. The predicted octanol–water partition coefficient (Wildman–Crippen LogP) is 0.652. The Hall–Kier alpha value is -1.79. The van der Waals surface area contributed by atoms with Crippen molar-refractivity contribution in [2.24, 2.45) is 10.9 Å². The van der Waals surface area contributed by atoms with Crippen LogP contribution in [0.15, 0.2) is 23.4 Å². The molecule has 1 rings (SSSR count). The van der Waals surface area contributed by atoms with Crippen LogP contribution >= 0.6 is 0 Å². The van der Waals surface area contributed by atoms with Gasteiger partial charge in [-0.05, 0) is 37.6 Å². The van der Waals surface area contributed by atoms with E-state index in [1.54, 1.807) is 19.2 Å². The first-order valence-electron chi connectivity index (χ1n) is 6.19. The number of nitrogens with zero attached hydrogens (tertiary/aromatic N) is 1. The van der Waals surface area contributed by atoms with Crippen LogP contribution in [0.25, 0.3) is 0 Å². The molecule has 0 fully saturated rings. The molecule has 6 heteroatoms. The number of rotatable bonds is 8. The Labute approximate surface area is 112 Å². The fraction of sp³-hybridized carbons (Fsp3) is 0.462. The van der Waals surface area contributed by atoms with Gasteiger partial charge in [0.25, 0.3) is 0 Å². The molecular formula is C13H21N3O3. The SMILES string of the molecule is COc1ccc(/C(N)=N/O)cc1CNCCCCO. The third-order valence-electron chi connectivity index (χ3n) is 2.76. The number of benzene rings is 1. The molecule has 0 unspecified atom stereocenters. The molecule has 1 aromatic carbocycles. The first-order valence-corrected chi connectivity index (χ1v) is 6.19. The Bertz CT molecular complexity index is 422. The van der Waals surface area contributed by atoms with E-state index >= 15 is 0 Å². The largest absolute Gasteiger partial charge is 0.496 e. The van der Waals surface area contributed by atoms with Crippen molar-refractivity contribution in [1.29, 1.82) is 0 Å². The number of nitrogens with one attached hydrogen (secondary N) is 1.